The van der Waals surface area contributed by atoms with E-state index in [2.05, 4.69) is 17.6 Å². The number of amides is 2. The van der Waals surface area contributed by atoms with E-state index >= 15 is 0 Å². The first kappa shape index (κ1) is 24.4. The Hall–Kier alpha value is -2.86. The minimum absolute atomic E-state index is 0.174. The van der Waals surface area contributed by atoms with Gasteiger partial charge in [-0.05, 0) is 55.2 Å². The Balaban J connectivity index is 2.08. The first-order valence-corrected chi connectivity index (χ1v) is 10.9. The highest BCUT2D eigenvalue weighted by Crippen LogP contribution is 2.23. The van der Waals surface area contributed by atoms with Gasteiger partial charge >= 0.3 is 0 Å². The van der Waals surface area contributed by atoms with Crippen molar-refractivity contribution in [2.75, 3.05) is 44.6 Å². The van der Waals surface area contributed by atoms with Crippen molar-refractivity contribution in [2.45, 2.75) is 39.0 Å². The van der Waals surface area contributed by atoms with Crippen molar-refractivity contribution in [3.8, 4) is 0 Å². The predicted molar refractivity (Wildman–Crippen MR) is 127 cm³/mol. The predicted octanol–water partition coefficient (Wildman–Crippen LogP) is 4.50. The molecule has 0 fully saturated rings. The fourth-order valence-corrected chi connectivity index (χ4v) is 3.30. The molecule has 0 bridgehead atoms. The normalized spacial score (nSPS) is 10.6. The summed E-state index contributed by atoms with van der Waals surface area (Å²) in [5.74, 6) is -0.364. The molecule has 2 N–H and O–H groups in total. The lowest BCUT2D eigenvalue weighted by Crippen LogP contribution is -2.27. The van der Waals surface area contributed by atoms with Crippen LogP contribution in [0.2, 0.25) is 0 Å². The Morgan fingerprint density at radius 2 is 1.71 bits per heavy atom. The van der Waals surface area contributed by atoms with Crippen LogP contribution in [0.1, 0.15) is 58.9 Å². The van der Waals surface area contributed by atoms with E-state index in [0.29, 0.717) is 30.0 Å². The molecule has 168 valence electrons. The van der Waals surface area contributed by atoms with Crippen LogP contribution in [0.3, 0.4) is 0 Å². The molecule has 0 saturated heterocycles. The molecular formula is C25H35N3O3. The largest absolute Gasteiger partial charge is 0.385 e. The number of anilines is 2. The van der Waals surface area contributed by atoms with Crippen molar-refractivity contribution < 1.29 is 14.3 Å². The van der Waals surface area contributed by atoms with Gasteiger partial charge in [-0.15, -0.1) is 0 Å². The molecule has 6 nitrogen and oxygen atoms in total. The molecule has 0 radical (unpaired) electrons. The number of benzene rings is 2. The van der Waals surface area contributed by atoms with E-state index in [0.717, 1.165) is 24.9 Å². The Bertz CT molecular complexity index is 848. The Kier molecular flexibility index (Phi) is 10.0. The van der Waals surface area contributed by atoms with Gasteiger partial charge in [0.05, 0.1) is 5.56 Å². The summed E-state index contributed by atoms with van der Waals surface area (Å²) in [5, 5.41) is 5.82. The number of aryl methyl sites for hydroxylation is 1. The van der Waals surface area contributed by atoms with Gasteiger partial charge in [-0.3, -0.25) is 9.59 Å². The van der Waals surface area contributed by atoms with E-state index in [9.17, 15) is 9.59 Å². The van der Waals surface area contributed by atoms with Crippen LogP contribution in [0.5, 0.6) is 0 Å². The highest BCUT2D eigenvalue weighted by Gasteiger charge is 2.15. The Morgan fingerprint density at radius 3 is 2.35 bits per heavy atom. The number of hydrogen-bond acceptors (Lipinski definition) is 4. The third kappa shape index (κ3) is 7.72. The zero-order valence-corrected chi connectivity index (χ0v) is 19.2. The van der Waals surface area contributed by atoms with Gasteiger partial charge in [0.25, 0.3) is 11.8 Å². The minimum Gasteiger partial charge on any atom is -0.385 e. The topological polar surface area (TPSA) is 70.7 Å². The SMILES string of the molecule is CCCCCc1ccc(C(=O)Nc2ccc(N(C)C)c(C(=O)NCCCOC)c2)cc1. The highest BCUT2D eigenvalue weighted by atomic mass is 16.5. The average Bonchev–Trinajstić information content (AvgIpc) is 2.77. The maximum atomic E-state index is 12.7. The molecule has 0 spiro atoms. The second kappa shape index (κ2) is 12.7. The summed E-state index contributed by atoms with van der Waals surface area (Å²) in [6.45, 7) is 3.31. The van der Waals surface area contributed by atoms with Gasteiger partial charge in [-0.1, -0.05) is 31.9 Å². The Morgan fingerprint density at radius 1 is 0.968 bits per heavy atom. The molecule has 0 aliphatic rings. The second-order valence-electron chi connectivity index (χ2n) is 7.84. The number of rotatable bonds is 12. The minimum atomic E-state index is -0.191. The number of hydrogen-bond donors (Lipinski definition) is 2. The lowest BCUT2D eigenvalue weighted by Gasteiger charge is -2.18. The zero-order valence-electron chi connectivity index (χ0n) is 19.2. The van der Waals surface area contributed by atoms with Crippen LogP contribution >= 0.6 is 0 Å². The second-order valence-corrected chi connectivity index (χ2v) is 7.84. The van der Waals surface area contributed by atoms with Crippen LogP contribution in [0.25, 0.3) is 0 Å². The summed E-state index contributed by atoms with van der Waals surface area (Å²) in [6, 6.07) is 13.1. The highest BCUT2D eigenvalue weighted by molar-refractivity contribution is 6.06. The molecule has 2 rings (SSSR count). The number of ether oxygens (including phenoxy) is 1. The smallest absolute Gasteiger partial charge is 0.255 e. The fourth-order valence-electron chi connectivity index (χ4n) is 3.30. The van der Waals surface area contributed by atoms with Gasteiger partial charge < -0.3 is 20.3 Å². The molecule has 2 amide bonds. The summed E-state index contributed by atoms with van der Waals surface area (Å²) in [7, 11) is 5.41. The third-order valence-electron chi connectivity index (χ3n) is 5.08. The molecule has 6 heteroatoms. The van der Waals surface area contributed by atoms with E-state index in [4.69, 9.17) is 4.74 Å². The van der Waals surface area contributed by atoms with Gasteiger partial charge in [-0.25, -0.2) is 0 Å². The molecule has 0 aromatic heterocycles. The van der Waals surface area contributed by atoms with Crippen LogP contribution in [0, 0.1) is 0 Å². The van der Waals surface area contributed by atoms with Gasteiger partial charge in [0.15, 0.2) is 0 Å². The Labute approximate surface area is 186 Å². The first-order chi connectivity index (χ1) is 15.0. The van der Waals surface area contributed by atoms with Crippen molar-refractivity contribution in [1.29, 1.82) is 0 Å². The van der Waals surface area contributed by atoms with Gasteiger partial charge in [0.1, 0.15) is 0 Å². The van der Waals surface area contributed by atoms with Crippen molar-refractivity contribution in [3.63, 3.8) is 0 Å². The van der Waals surface area contributed by atoms with E-state index in [1.54, 1.807) is 13.2 Å². The number of nitrogens with zero attached hydrogens (tertiary/aromatic N) is 1. The summed E-state index contributed by atoms with van der Waals surface area (Å²) >= 11 is 0. The first-order valence-electron chi connectivity index (χ1n) is 10.9. The molecule has 0 aliphatic carbocycles. The summed E-state index contributed by atoms with van der Waals surface area (Å²) < 4.78 is 5.02. The van der Waals surface area contributed by atoms with Crippen molar-refractivity contribution in [2.24, 2.45) is 0 Å². The van der Waals surface area contributed by atoms with E-state index < -0.39 is 0 Å². The van der Waals surface area contributed by atoms with Crippen molar-refractivity contribution >= 4 is 23.2 Å². The third-order valence-corrected chi connectivity index (χ3v) is 5.08. The molecule has 0 heterocycles. The molecular weight excluding hydrogens is 390 g/mol. The van der Waals surface area contributed by atoms with Crippen LogP contribution < -0.4 is 15.5 Å². The molecule has 2 aromatic carbocycles. The van der Waals surface area contributed by atoms with Crippen molar-refractivity contribution in [1.82, 2.24) is 5.32 Å². The maximum absolute atomic E-state index is 12.7. The lowest BCUT2D eigenvalue weighted by molar-refractivity contribution is 0.0947. The fraction of sp³-hybridized carbons (Fsp3) is 0.440. The summed E-state index contributed by atoms with van der Waals surface area (Å²) in [6.07, 6.45) is 5.35. The molecule has 31 heavy (non-hydrogen) atoms. The molecule has 0 aliphatic heterocycles. The van der Waals surface area contributed by atoms with Crippen LogP contribution in [0.4, 0.5) is 11.4 Å². The van der Waals surface area contributed by atoms with Crippen LogP contribution in [0.15, 0.2) is 42.5 Å². The summed E-state index contributed by atoms with van der Waals surface area (Å²) in [5.41, 5.74) is 3.74. The molecule has 0 unspecified atom stereocenters. The van der Waals surface area contributed by atoms with Gasteiger partial charge in [0.2, 0.25) is 0 Å². The van der Waals surface area contributed by atoms with Gasteiger partial charge in [0, 0.05) is 51.3 Å². The standard InChI is InChI=1S/C25H35N3O3/c1-5-6-7-9-19-10-12-20(13-11-19)24(29)27-21-14-15-23(28(2)3)22(18-21)25(30)26-16-8-17-31-4/h10-15,18H,5-9,16-17H2,1-4H3,(H,26,30)(H,27,29). The van der Waals surface area contributed by atoms with E-state index in [1.807, 2.05) is 55.4 Å². The number of carbonyl (C=O) groups is 2. The van der Waals surface area contributed by atoms with Crippen molar-refractivity contribution in [3.05, 3.63) is 59.2 Å². The molecule has 0 saturated carbocycles. The quantitative estimate of drug-likeness (QED) is 0.491. The number of methoxy groups -OCH3 is 1. The summed E-state index contributed by atoms with van der Waals surface area (Å²) in [4.78, 5) is 27.3. The van der Waals surface area contributed by atoms with E-state index in [1.165, 1.54) is 18.4 Å². The number of unbranched alkanes of at least 4 members (excludes halogenated alkanes) is 2. The molecule has 2 aromatic rings. The monoisotopic (exact) mass is 425 g/mol. The average molecular weight is 426 g/mol. The zero-order chi connectivity index (χ0) is 22.6. The molecule has 0 atom stereocenters. The number of carbonyl (C=O) groups excluding carboxylic acids is 2. The van der Waals surface area contributed by atoms with Gasteiger partial charge in [-0.2, -0.15) is 0 Å². The lowest BCUT2D eigenvalue weighted by atomic mass is 10.0. The van der Waals surface area contributed by atoms with Crippen LogP contribution in [-0.2, 0) is 11.2 Å². The van der Waals surface area contributed by atoms with E-state index in [-0.39, 0.29) is 11.8 Å². The van der Waals surface area contributed by atoms with Crippen LogP contribution in [-0.4, -0.2) is 46.2 Å². The maximum Gasteiger partial charge on any atom is 0.255 e. The number of nitrogens with one attached hydrogen (secondary N) is 2.